The van der Waals surface area contributed by atoms with Crippen molar-refractivity contribution in [2.45, 2.75) is 43.9 Å². The van der Waals surface area contributed by atoms with E-state index in [1.165, 1.54) is 25.7 Å². The van der Waals surface area contributed by atoms with Gasteiger partial charge in [0.1, 0.15) is 0 Å². The van der Waals surface area contributed by atoms with E-state index in [9.17, 15) is 8.42 Å². The molecule has 2 aliphatic rings. The van der Waals surface area contributed by atoms with E-state index in [2.05, 4.69) is 10.2 Å². The molecule has 1 N–H and O–H groups in total. The minimum absolute atomic E-state index is 0.337. The van der Waals surface area contributed by atoms with Gasteiger partial charge in [0, 0.05) is 38.8 Å². The summed E-state index contributed by atoms with van der Waals surface area (Å²) >= 11 is 0. The van der Waals surface area contributed by atoms with E-state index >= 15 is 0 Å². The van der Waals surface area contributed by atoms with Crippen molar-refractivity contribution in [3.05, 3.63) is 0 Å². The number of nitrogens with zero attached hydrogens (tertiary/aromatic N) is 2. The van der Waals surface area contributed by atoms with E-state index in [0.29, 0.717) is 25.7 Å². The zero-order chi connectivity index (χ0) is 13.9. The number of nitrogens with one attached hydrogen (secondary N) is 1. The predicted octanol–water partition coefficient (Wildman–Crippen LogP) is 0.484. The van der Waals surface area contributed by atoms with Gasteiger partial charge in [-0.2, -0.15) is 4.31 Å². The quantitative estimate of drug-likeness (QED) is 0.800. The first-order chi connectivity index (χ1) is 9.05. The molecule has 19 heavy (non-hydrogen) atoms. The van der Waals surface area contributed by atoms with Gasteiger partial charge in [-0.3, -0.25) is 4.90 Å². The van der Waals surface area contributed by atoms with Gasteiger partial charge < -0.3 is 5.32 Å². The Morgan fingerprint density at radius 2 is 1.74 bits per heavy atom. The molecule has 0 bridgehead atoms. The Bertz CT molecular complexity index is 371. The highest BCUT2D eigenvalue weighted by Crippen LogP contribution is 2.25. The first kappa shape index (κ1) is 15.2. The molecule has 0 radical (unpaired) electrons. The maximum Gasteiger partial charge on any atom is 0.218 e. The maximum absolute atomic E-state index is 12.4. The standard InChI is InChI=1S/C13H27N3O2S/c1-12(11-14-2)19(17,18)16-9-7-15(8-10-16)13-5-3-4-6-13/h12-14H,3-11H2,1-2H3. The summed E-state index contributed by atoms with van der Waals surface area (Å²) in [6.45, 7) is 5.42. The van der Waals surface area contributed by atoms with E-state index in [0.717, 1.165) is 13.1 Å². The van der Waals surface area contributed by atoms with E-state index in [1.807, 2.05) is 0 Å². The number of hydrogen-bond donors (Lipinski definition) is 1. The monoisotopic (exact) mass is 289 g/mol. The summed E-state index contributed by atoms with van der Waals surface area (Å²) in [7, 11) is -1.33. The first-order valence-electron chi connectivity index (χ1n) is 7.43. The van der Waals surface area contributed by atoms with Crippen molar-refractivity contribution in [2.24, 2.45) is 0 Å². The minimum atomic E-state index is -3.13. The molecular weight excluding hydrogens is 262 g/mol. The molecule has 2 rings (SSSR count). The second kappa shape index (κ2) is 6.52. The van der Waals surface area contributed by atoms with Gasteiger partial charge in [0.25, 0.3) is 0 Å². The molecule has 1 atom stereocenters. The third kappa shape index (κ3) is 3.48. The molecule has 6 heteroatoms. The summed E-state index contributed by atoms with van der Waals surface area (Å²) in [6.07, 6.45) is 5.26. The lowest BCUT2D eigenvalue weighted by molar-refractivity contribution is 0.138. The number of sulfonamides is 1. The molecule has 0 amide bonds. The second-order valence-electron chi connectivity index (χ2n) is 5.79. The molecule has 112 valence electrons. The predicted molar refractivity (Wildman–Crippen MR) is 77.7 cm³/mol. The summed E-state index contributed by atoms with van der Waals surface area (Å²) in [5, 5.41) is 2.61. The Kier molecular flexibility index (Phi) is 5.22. The topological polar surface area (TPSA) is 52.7 Å². The molecule has 0 spiro atoms. The molecule has 5 nitrogen and oxygen atoms in total. The Labute approximate surface area is 117 Å². The number of piperazine rings is 1. The van der Waals surface area contributed by atoms with Gasteiger partial charge in [-0.15, -0.1) is 0 Å². The summed E-state index contributed by atoms with van der Waals surface area (Å²) in [5.41, 5.74) is 0. The van der Waals surface area contributed by atoms with Crippen LogP contribution >= 0.6 is 0 Å². The average Bonchev–Trinajstić information content (AvgIpc) is 2.93. The Balaban J connectivity index is 1.88. The van der Waals surface area contributed by atoms with Gasteiger partial charge in [-0.25, -0.2) is 8.42 Å². The van der Waals surface area contributed by atoms with Gasteiger partial charge in [-0.05, 0) is 26.8 Å². The largest absolute Gasteiger partial charge is 0.318 e. The number of hydrogen-bond acceptors (Lipinski definition) is 4. The van der Waals surface area contributed by atoms with Crippen LogP contribution in [0.25, 0.3) is 0 Å². The van der Waals surface area contributed by atoms with Crippen molar-refractivity contribution >= 4 is 10.0 Å². The van der Waals surface area contributed by atoms with Crippen LogP contribution in [0.3, 0.4) is 0 Å². The van der Waals surface area contributed by atoms with Crippen LogP contribution in [0.1, 0.15) is 32.6 Å². The van der Waals surface area contributed by atoms with E-state index in [-0.39, 0.29) is 5.25 Å². The highest BCUT2D eigenvalue weighted by molar-refractivity contribution is 7.89. The van der Waals surface area contributed by atoms with Crippen molar-refractivity contribution in [1.82, 2.24) is 14.5 Å². The third-order valence-corrected chi connectivity index (χ3v) is 6.74. The van der Waals surface area contributed by atoms with Crippen LogP contribution in [0.2, 0.25) is 0 Å². The van der Waals surface area contributed by atoms with E-state index in [1.54, 1.807) is 18.3 Å². The normalized spacial score (nSPS) is 25.8. The van der Waals surface area contributed by atoms with Gasteiger partial charge in [0.2, 0.25) is 10.0 Å². The highest BCUT2D eigenvalue weighted by atomic mass is 32.2. The Morgan fingerprint density at radius 3 is 2.26 bits per heavy atom. The van der Waals surface area contributed by atoms with Crippen LogP contribution < -0.4 is 5.32 Å². The molecule has 0 aromatic heterocycles. The lowest BCUT2D eigenvalue weighted by Gasteiger charge is -2.38. The van der Waals surface area contributed by atoms with Crippen LogP contribution in [-0.4, -0.2) is 68.7 Å². The van der Waals surface area contributed by atoms with Crippen LogP contribution in [-0.2, 0) is 10.0 Å². The maximum atomic E-state index is 12.4. The fourth-order valence-electron chi connectivity index (χ4n) is 3.24. The molecule has 2 fully saturated rings. The van der Waals surface area contributed by atoms with Crippen molar-refractivity contribution in [3.8, 4) is 0 Å². The first-order valence-corrected chi connectivity index (χ1v) is 8.93. The van der Waals surface area contributed by atoms with Gasteiger partial charge >= 0.3 is 0 Å². The SMILES string of the molecule is CNCC(C)S(=O)(=O)N1CCN(C2CCCC2)CC1. The van der Waals surface area contributed by atoms with E-state index in [4.69, 9.17) is 0 Å². The fourth-order valence-corrected chi connectivity index (χ4v) is 4.80. The van der Waals surface area contributed by atoms with Crippen molar-refractivity contribution in [3.63, 3.8) is 0 Å². The smallest absolute Gasteiger partial charge is 0.218 e. The highest BCUT2D eigenvalue weighted by Gasteiger charge is 2.33. The lowest BCUT2D eigenvalue weighted by Crippen LogP contribution is -2.53. The molecule has 1 aliphatic carbocycles. The molecule has 1 heterocycles. The molecule has 0 aromatic rings. The molecular formula is C13H27N3O2S. The molecule has 0 aromatic carbocycles. The minimum Gasteiger partial charge on any atom is -0.318 e. The Morgan fingerprint density at radius 1 is 1.16 bits per heavy atom. The van der Waals surface area contributed by atoms with Crippen LogP contribution in [0.4, 0.5) is 0 Å². The van der Waals surface area contributed by atoms with Gasteiger partial charge in [0.05, 0.1) is 5.25 Å². The van der Waals surface area contributed by atoms with Crippen molar-refractivity contribution in [2.75, 3.05) is 39.8 Å². The number of rotatable bonds is 5. The summed E-state index contributed by atoms with van der Waals surface area (Å²) in [4.78, 5) is 2.49. The third-order valence-electron chi connectivity index (χ3n) is 4.47. The molecule has 1 saturated heterocycles. The molecule has 1 unspecified atom stereocenters. The summed E-state index contributed by atoms with van der Waals surface area (Å²) in [5.74, 6) is 0. The van der Waals surface area contributed by atoms with Crippen LogP contribution in [0, 0.1) is 0 Å². The summed E-state index contributed by atoms with van der Waals surface area (Å²) < 4.78 is 26.4. The van der Waals surface area contributed by atoms with Gasteiger partial charge in [0.15, 0.2) is 0 Å². The lowest BCUT2D eigenvalue weighted by atomic mass is 10.2. The second-order valence-corrected chi connectivity index (χ2v) is 8.14. The zero-order valence-corrected chi connectivity index (χ0v) is 13.0. The molecule has 1 saturated carbocycles. The Hall–Kier alpha value is -0.170. The van der Waals surface area contributed by atoms with Crippen molar-refractivity contribution < 1.29 is 8.42 Å². The van der Waals surface area contributed by atoms with Crippen LogP contribution in [0.5, 0.6) is 0 Å². The van der Waals surface area contributed by atoms with Crippen LogP contribution in [0.15, 0.2) is 0 Å². The zero-order valence-electron chi connectivity index (χ0n) is 12.1. The van der Waals surface area contributed by atoms with Gasteiger partial charge in [-0.1, -0.05) is 12.8 Å². The van der Waals surface area contributed by atoms with E-state index < -0.39 is 10.0 Å². The fraction of sp³-hybridized carbons (Fsp3) is 1.00. The van der Waals surface area contributed by atoms with Crippen molar-refractivity contribution in [1.29, 1.82) is 0 Å². The summed E-state index contributed by atoms with van der Waals surface area (Å²) in [6, 6.07) is 0.708. The average molecular weight is 289 g/mol. The molecule has 1 aliphatic heterocycles.